The highest BCUT2D eigenvalue weighted by molar-refractivity contribution is 5.65. The van der Waals surface area contributed by atoms with Crippen LogP contribution < -0.4 is 5.32 Å². The molecule has 0 amide bonds. The number of carbonyl (C=O) groups is 1. The molecule has 0 atom stereocenters. The molecule has 0 radical (unpaired) electrons. The monoisotopic (exact) mass is 159 g/mol. The van der Waals surface area contributed by atoms with Crippen LogP contribution in [0.5, 0.6) is 0 Å². The van der Waals surface area contributed by atoms with Gasteiger partial charge >= 0.3 is 5.97 Å². The molecule has 1 aliphatic heterocycles. The summed E-state index contributed by atoms with van der Waals surface area (Å²) in [5, 5.41) is 3.00. The Labute approximate surface area is 65.9 Å². The van der Waals surface area contributed by atoms with E-state index in [1.165, 1.54) is 6.92 Å². The first-order chi connectivity index (χ1) is 5.29. The molecule has 0 bridgehead atoms. The standard InChI is InChI=1S/C7H13NO3/c1-6(9)11-5-8-2-7-3-10-4-7/h7-8H,2-5H2,1H3. The molecule has 0 saturated carbocycles. The van der Waals surface area contributed by atoms with Crippen molar-refractivity contribution in [3.8, 4) is 0 Å². The second-order valence-electron chi connectivity index (χ2n) is 2.64. The van der Waals surface area contributed by atoms with Crippen LogP contribution in [0.4, 0.5) is 0 Å². The number of rotatable bonds is 4. The number of esters is 1. The van der Waals surface area contributed by atoms with E-state index in [-0.39, 0.29) is 5.97 Å². The molecule has 0 unspecified atom stereocenters. The molecule has 1 N–H and O–H groups in total. The van der Waals surface area contributed by atoms with Crippen LogP contribution in [-0.4, -0.2) is 32.5 Å². The van der Waals surface area contributed by atoms with Crippen molar-refractivity contribution in [2.24, 2.45) is 5.92 Å². The molecule has 1 fully saturated rings. The van der Waals surface area contributed by atoms with Crippen LogP contribution in [0.1, 0.15) is 6.92 Å². The minimum Gasteiger partial charge on any atom is -0.450 e. The minimum absolute atomic E-state index is 0.248. The zero-order valence-electron chi connectivity index (χ0n) is 6.63. The Morgan fingerprint density at radius 3 is 2.91 bits per heavy atom. The molecule has 64 valence electrons. The van der Waals surface area contributed by atoms with E-state index in [0.29, 0.717) is 12.6 Å². The van der Waals surface area contributed by atoms with E-state index in [1.807, 2.05) is 0 Å². The fourth-order valence-corrected chi connectivity index (χ4v) is 0.818. The van der Waals surface area contributed by atoms with Crippen molar-refractivity contribution in [1.29, 1.82) is 0 Å². The van der Waals surface area contributed by atoms with Crippen LogP contribution in [0.25, 0.3) is 0 Å². The summed E-state index contributed by atoms with van der Waals surface area (Å²) in [6, 6.07) is 0. The van der Waals surface area contributed by atoms with Gasteiger partial charge < -0.3 is 9.47 Å². The van der Waals surface area contributed by atoms with Gasteiger partial charge in [-0.15, -0.1) is 0 Å². The van der Waals surface area contributed by atoms with E-state index in [9.17, 15) is 4.79 Å². The molecular formula is C7H13NO3. The highest BCUT2D eigenvalue weighted by atomic mass is 16.5. The van der Waals surface area contributed by atoms with Gasteiger partial charge in [0.2, 0.25) is 0 Å². The van der Waals surface area contributed by atoms with Crippen LogP contribution in [0.3, 0.4) is 0 Å². The first-order valence-corrected chi connectivity index (χ1v) is 3.71. The lowest BCUT2D eigenvalue weighted by atomic mass is 10.1. The number of carbonyl (C=O) groups excluding carboxylic acids is 1. The molecule has 1 heterocycles. The highest BCUT2D eigenvalue weighted by Crippen LogP contribution is 2.07. The third kappa shape index (κ3) is 3.34. The molecule has 11 heavy (non-hydrogen) atoms. The minimum atomic E-state index is -0.248. The zero-order valence-corrected chi connectivity index (χ0v) is 6.63. The first kappa shape index (κ1) is 8.49. The molecule has 0 aromatic carbocycles. The lowest BCUT2D eigenvalue weighted by molar-refractivity contribution is -0.142. The van der Waals surface area contributed by atoms with Gasteiger partial charge in [-0.3, -0.25) is 10.1 Å². The molecule has 1 aliphatic rings. The molecule has 1 saturated heterocycles. The molecule has 0 aromatic rings. The molecule has 4 nitrogen and oxygen atoms in total. The van der Waals surface area contributed by atoms with Crippen molar-refractivity contribution in [2.75, 3.05) is 26.5 Å². The Morgan fingerprint density at radius 1 is 1.73 bits per heavy atom. The van der Waals surface area contributed by atoms with Gasteiger partial charge in [-0.1, -0.05) is 0 Å². The van der Waals surface area contributed by atoms with Crippen molar-refractivity contribution in [2.45, 2.75) is 6.92 Å². The number of hydrogen-bond acceptors (Lipinski definition) is 4. The van der Waals surface area contributed by atoms with Gasteiger partial charge in [-0.25, -0.2) is 0 Å². The summed E-state index contributed by atoms with van der Waals surface area (Å²) in [6.45, 7) is 4.23. The van der Waals surface area contributed by atoms with Gasteiger partial charge in [0, 0.05) is 19.4 Å². The maximum atomic E-state index is 10.3. The van der Waals surface area contributed by atoms with Crippen LogP contribution in [0.15, 0.2) is 0 Å². The average Bonchev–Trinajstić information content (AvgIpc) is 1.82. The molecule has 0 aromatic heterocycles. The van der Waals surface area contributed by atoms with Crippen LogP contribution in [0.2, 0.25) is 0 Å². The molecule has 4 heteroatoms. The van der Waals surface area contributed by atoms with Gasteiger partial charge in [0.05, 0.1) is 13.2 Å². The van der Waals surface area contributed by atoms with E-state index in [2.05, 4.69) is 10.1 Å². The quantitative estimate of drug-likeness (QED) is 0.349. The van der Waals surface area contributed by atoms with Crippen molar-refractivity contribution in [1.82, 2.24) is 5.32 Å². The summed E-state index contributed by atoms with van der Waals surface area (Å²) < 4.78 is 9.64. The molecular weight excluding hydrogens is 146 g/mol. The van der Waals surface area contributed by atoms with E-state index in [0.717, 1.165) is 19.8 Å². The zero-order chi connectivity index (χ0) is 8.10. The number of nitrogens with one attached hydrogen (secondary N) is 1. The van der Waals surface area contributed by atoms with Crippen LogP contribution >= 0.6 is 0 Å². The summed E-state index contributed by atoms with van der Waals surface area (Å²) >= 11 is 0. The third-order valence-electron chi connectivity index (χ3n) is 1.52. The number of hydrogen-bond donors (Lipinski definition) is 1. The Kier molecular flexibility index (Phi) is 3.32. The summed E-state index contributed by atoms with van der Waals surface area (Å²) in [5.41, 5.74) is 0. The van der Waals surface area contributed by atoms with Crippen molar-refractivity contribution in [3.05, 3.63) is 0 Å². The van der Waals surface area contributed by atoms with Crippen LogP contribution in [-0.2, 0) is 14.3 Å². The normalized spacial score (nSPS) is 17.5. The Hall–Kier alpha value is -0.610. The fourth-order valence-electron chi connectivity index (χ4n) is 0.818. The van der Waals surface area contributed by atoms with Crippen molar-refractivity contribution in [3.63, 3.8) is 0 Å². The predicted octanol–water partition coefficient (Wildman–Crippen LogP) is -0.257. The average molecular weight is 159 g/mol. The van der Waals surface area contributed by atoms with Gasteiger partial charge in [-0.05, 0) is 0 Å². The highest BCUT2D eigenvalue weighted by Gasteiger charge is 2.17. The van der Waals surface area contributed by atoms with Gasteiger partial charge in [0.1, 0.15) is 6.73 Å². The maximum absolute atomic E-state index is 10.3. The summed E-state index contributed by atoms with van der Waals surface area (Å²) in [4.78, 5) is 10.3. The van der Waals surface area contributed by atoms with Crippen LogP contribution in [0, 0.1) is 5.92 Å². The van der Waals surface area contributed by atoms with Gasteiger partial charge in [-0.2, -0.15) is 0 Å². The largest absolute Gasteiger partial charge is 0.450 e. The molecule has 1 rings (SSSR count). The van der Waals surface area contributed by atoms with Crippen molar-refractivity contribution < 1.29 is 14.3 Å². The summed E-state index contributed by atoms with van der Waals surface area (Å²) in [5.74, 6) is 0.355. The van der Waals surface area contributed by atoms with Gasteiger partial charge in [0.15, 0.2) is 0 Å². The van der Waals surface area contributed by atoms with Gasteiger partial charge in [0.25, 0.3) is 0 Å². The van der Waals surface area contributed by atoms with E-state index >= 15 is 0 Å². The first-order valence-electron chi connectivity index (χ1n) is 3.71. The van der Waals surface area contributed by atoms with E-state index in [4.69, 9.17) is 4.74 Å². The Bertz CT molecular complexity index is 134. The predicted molar refractivity (Wildman–Crippen MR) is 38.9 cm³/mol. The topological polar surface area (TPSA) is 47.6 Å². The third-order valence-corrected chi connectivity index (χ3v) is 1.52. The Morgan fingerprint density at radius 2 is 2.45 bits per heavy atom. The maximum Gasteiger partial charge on any atom is 0.303 e. The number of ether oxygens (including phenoxy) is 2. The second-order valence-corrected chi connectivity index (χ2v) is 2.64. The molecule has 0 aliphatic carbocycles. The van der Waals surface area contributed by atoms with E-state index < -0.39 is 0 Å². The molecule has 0 spiro atoms. The lowest BCUT2D eigenvalue weighted by Gasteiger charge is -2.25. The Balaban J connectivity index is 1.83. The lowest BCUT2D eigenvalue weighted by Crippen LogP contribution is -2.37. The smallest absolute Gasteiger partial charge is 0.303 e. The van der Waals surface area contributed by atoms with E-state index in [1.54, 1.807) is 0 Å². The SMILES string of the molecule is CC(=O)OCNCC1COC1. The summed E-state index contributed by atoms with van der Waals surface area (Å²) in [6.07, 6.45) is 0. The second kappa shape index (κ2) is 4.31. The fraction of sp³-hybridized carbons (Fsp3) is 0.857. The summed E-state index contributed by atoms with van der Waals surface area (Å²) in [7, 11) is 0. The van der Waals surface area contributed by atoms with Crippen molar-refractivity contribution >= 4 is 5.97 Å².